The first kappa shape index (κ1) is 31.2. The number of amides is 2. The van der Waals surface area contributed by atoms with Crippen LogP contribution in [0, 0.1) is 30.6 Å². The van der Waals surface area contributed by atoms with Crippen LogP contribution in [0.25, 0.3) is 11.1 Å². The van der Waals surface area contributed by atoms with Gasteiger partial charge in [-0.15, -0.1) is 0 Å². The molecule has 3 aromatic heterocycles. The number of carbonyl (C=O) groups excluding carboxylic acids is 2. The second kappa shape index (κ2) is 13.6. The standard InChI is InChI=1S/C31H41FN6O4S/c1-6-23-25(18(4)36-38(23)16-41-13-14-43-5)21-11-12-24(33-29(21)32)34-31(40)28(26(19-7-8-19)20-9-10-20)35-30(39)22-15-42-37-27(22)17(2)3/h11-12,15,17,19-20,26,28H,6-10,13-14,16H2,1-5H3,(H,35,39)(H,33,34,40)/t28-/m0/s1. The van der Waals surface area contributed by atoms with E-state index in [9.17, 15) is 9.59 Å². The zero-order chi connectivity index (χ0) is 30.7. The van der Waals surface area contributed by atoms with E-state index in [4.69, 9.17) is 9.26 Å². The molecule has 0 aliphatic heterocycles. The fourth-order valence-electron chi connectivity index (χ4n) is 5.91. The minimum Gasteiger partial charge on any atom is -0.364 e. The number of hydrogen-bond donors (Lipinski definition) is 2. The first-order chi connectivity index (χ1) is 20.7. The van der Waals surface area contributed by atoms with Gasteiger partial charge in [0.25, 0.3) is 5.91 Å². The Balaban J connectivity index is 1.36. The predicted octanol–water partition coefficient (Wildman–Crippen LogP) is 5.58. The van der Waals surface area contributed by atoms with Gasteiger partial charge in [0.1, 0.15) is 30.4 Å². The van der Waals surface area contributed by atoms with Crippen molar-refractivity contribution in [3.63, 3.8) is 0 Å². The van der Waals surface area contributed by atoms with Gasteiger partial charge >= 0.3 is 0 Å². The van der Waals surface area contributed by atoms with Gasteiger partial charge in [-0.2, -0.15) is 21.3 Å². The molecule has 1 atom stereocenters. The van der Waals surface area contributed by atoms with Gasteiger partial charge in [-0.3, -0.25) is 9.59 Å². The Morgan fingerprint density at radius 1 is 1.21 bits per heavy atom. The molecule has 2 aliphatic carbocycles. The smallest absolute Gasteiger partial charge is 0.257 e. The lowest BCUT2D eigenvalue weighted by atomic mass is 9.88. The van der Waals surface area contributed by atoms with E-state index in [1.165, 1.54) is 6.26 Å². The normalized spacial score (nSPS) is 15.7. The number of rotatable bonds is 15. The minimum absolute atomic E-state index is 0.00849. The Kier molecular flexibility index (Phi) is 9.85. The number of pyridine rings is 1. The number of ether oxygens (including phenoxy) is 1. The fraction of sp³-hybridized carbons (Fsp3) is 0.581. The third-order valence-electron chi connectivity index (χ3n) is 8.26. The van der Waals surface area contributed by atoms with Crippen molar-refractivity contribution in [3.8, 4) is 11.1 Å². The van der Waals surface area contributed by atoms with Crippen molar-refractivity contribution in [2.45, 2.75) is 78.5 Å². The van der Waals surface area contributed by atoms with Crippen LogP contribution in [0.1, 0.15) is 79.8 Å². The zero-order valence-electron chi connectivity index (χ0n) is 25.5. The number of nitrogens with zero attached hydrogens (tertiary/aromatic N) is 4. The average molecular weight is 613 g/mol. The van der Waals surface area contributed by atoms with Crippen molar-refractivity contribution in [3.05, 3.63) is 47.0 Å². The molecule has 10 nitrogen and oxygen atoms in total. The van der Waals surface area contributed by atoms with Crippen molar-refractivity contribution in [1.82, 2.24) is 25.2 Å². The van der Waals surface area contributed by atoms with Gasteiger partial charge in [-0.25, -0.2) is 9.67 Å². The average Bonchev–Trinajstić information content (AvgIpc) is 3.91. The molecule has 2 fully saturated rings. The molecule has 3 heterocycles. The quantitative estimate of drug-likeness (QED) is 0.169. The zero-order valence-corrected chi connectivity index (χ0v) is 26.3. The number of nitrogens with one attached hydrogen (secondary N) is 2. The van der Waals surface area contributed by atoms with Gasteiger partial charge < -0.3 is 19.9 Å². The summed E-state index contributed by atoms with van der Waals surface area (Å²) in [5, 5.41) is 14.3. The first-order valence-electron chi connectivity index (χ1n) is 15.1. The Morgan fingerprint density at radius 2 is 1.93 bits per heavy atom. The highest BCUT2D eigenvalue weighted by Gasteiger charge is 2.48. The lowest BCUT2D eigenvalue weighted by Crippen LogP contribution is -2.50. The lowest BCUT2D eigenvalue weighted by Gasteiger charge is -2.27. The summed E-state index contributed by atoms with van der Waals surface area (Å²) in [5.74, 6) is 0.206. The Labute approximate surface area is 255 Å². The number of aromatic nitrogens is 4. The molecule has 0 bridgehead atoms. The number of carbonyl (C=O) groups is 2. The molecule has 2 saturated carbocycles. The molecule has 0 spiro atoms. The molecule has 3 aromatic rings. The van der Waals surface area contributed by atoms with E-state index >= 15 is 4.39 Å². The van der Waals surface area contributed by atoms with Crippen LogP contribution < -0.4 is 10.6 Å². The van der Waals surface area contributed by atoms with Gasteiger partial charge in [0, 0.05) is 22.6 Å². The maximum Gasteiger partial charge on any atom is 0.257 e. The summed E-state index contributed by atoms with van der Waals surface area (Å²) in [6.07, 6.45) is 8.10. The third-order valence-corrected chi connectivity index (χ3v) is 8.83. The molecule has 0 aromatic carbocycles. The van der Waals surface area contributed by atoms with Crippen LogP contribution in [0.5, 0.6) is 0 Å². The Bertz CT molecular complexity index is 1440. The maximum absolute atomic E-state index is 15.6. The monoisotopic (exact) mass is 612 g/mol. The topological polar surface area (TPSA) is 124 Å². The molecule has 0 unspecified atom stereocenters. The maximum atomic E-state index is 15.6. The summed E-state index contributed by atoms with van der Waals surface area (Å²) in [7, 11) is 0. The van der Waals surface area contributed by atoms with Gasteiger partial charge in [0.2, 0.25) is 11.9 Å². The van der Waals surface area contributed by atoms with Crippen molar-refractivity contribution in [2.24, 2.45) is 17.8 Å². The van der Waals surface area contributed by atoms with Crippen LogP contribution in [-0.2, 0) is 22.7 Å². The molecular weight excluding hydrogens is 571 g/mol. The summed E-state index contributed by atoms with van der Waals surface area (Å²) in [6.45, 7) is 8.58. The molecular formula is C31H41FN6O4S. The van der Waals surface area contributed by atoms with Gasteiger partial charge in [-0.1, -0.05) is 25.9 Å². The number of thioether (sulfide) groups is 1. The van der Waals surface area contributed by atoms with Crippen LogP contribution in [0.3, 0.4) is 0 Å². The summed E-state index contributed by atoms with van der Waals surface area (Å²) in [5.41, 5.74) is 3.40. The van der Waals surface area contributed by atoms with Gasteiger partial charge in [0.15, 0.2) is 0 Å². The fourth-order valence-corrected chi connectivity index (χ4v) is 6.20. The molecule has 5 rings (SSSR count). The van der Waals surface area contributed by atoms with Gasteiger partial charge in [0.05, 0.1) is 18.0 Å². The van der Waals surface area contributed by atoms with E-state index in [0.29, 0.717) is 52.9 Å². The van der Waals surface area contributed by atoms with Crippen molar-refractivity contribution >= 4 is 29.4 Å². The van der Waals surface area contributed by atoms with Crippen molar-refractivity contribution in [1.29, 1.82) is 0 Å². The number of aryl methyl sites for hydroxylation is 1. The summed E-state index contributed by atoms with van der Waals surface area (Å²) in [4.78, 5) is 31.2. The van der Waals surface area contributed by atoms with Crippen LogP contribution in [0.15, 0.2) is 22.9 Å². The minimum atomic E-state index is -0.787. The predicted molar refractivity (Wildman–Crippen MR) is 163 cm³/mol. The SMILES string of the molecule is CCc1c(-c2ccc(NC(=O)[C@@H](NC(=O)c3conc3C(C)C)C(C3CC3)C3CC3)nc2F)c(C)nn1COCCSC. The van der Waals surface area contributed by atoms with Crippen molar-refractivity contribution in [2.75, 3.05) is 23.9 Å². The summed E-state index contributed by atoms with van der Waals surface area (Å²) < 4.78 is 28.2. The third kappa shape index (κ3) is 7.12. The van der Waals surface area contributed by atoms with Crippen LogP contribution in [-0.4, -0.2) is 56.4 Å². The van der Waals surface area contributed by atoms with Crippen molar-refractivity contribution < 1.29 is 23.2 Å². The highest BCUT2D eigenvalue weighted by Crippen LogP contribution is 2.51. The largest absolute Gasteiger partial charge is 0.364 e. The first-order valence-corrected chi connectivity index (χ1v) is 16.5. The van der Waals surface area contributed by atoms with E-state index < -0.39 is 23.8 Å². The molecule has 12 heteroatoms. The summed E-state index contributed by atoms with van der Waals surface area (Å²) in [6, 6.07) is 2.43. The van der Waals surface area contributed by atoms with Crippen LogP contribution in [0.2, 0.25) is 0 Å². The molecule has 2 amide bonds. The highest BCUT2D eigenvalue weighted by atomic mass is 32.2. The molecule has 2 aliphatic rings. The second-order valence-corrected chi connectivity index (χ2v) is 12.8. The van der Waals surface area contributed by atoms with Crippen LogP contribution >= 0.6 is 11.8 Å². The van der Waals surface area contributed by atoms with E-state index in [1.54, 1.807) is 28.6 Å². The van der Waals surface area contributed by atoms with E-state index in [1.807, 2.05) is 34.0 Å². The molecule has 0 saturated heterocycles. The second-order valence-electron chi connectivity index (χ2n) is 11.8. The lowest BCUT2D eigenvalue weighted by molar-refractivity contribution is -0.119. The van der Waals surface area contributed by atoms with E-state index in [2.05, 4.69) is 25.9 Å². The number of hydrogen-bond acceptors (Lipinski definition) is 8. The molecule has 0 radical (unpaired) electrons. The summed E-state index contributed by atoms with van der Waals surface area (Å²) >= 11 is 1.71. The van der Waals surface area contributed by atoms with Gasteiger partial charge in [-0.05, 0) is 81.1 Å². The number of halogens is 1. The van der Waals surface area contributed by atoms with E-state index in [-0.39, 0.29) is 24.4 Å². The number of anilines is 1. The molecule has 2 N–H and O–H groups in total. The molecule has 232 valence electrons. The van der Waals surface area contributed by atoms with Crippen LogP contribution in [0.4, 0.5) is 10.2 Å². The Morgan fingerprint density at radius 3 is 2.53 bits per heavy atom. The Hall–Kier alpha value is -3.25. The van der Waals surface area contributed by atoms with E-state index in [0.717, 1.165) is 37.1 Å². The highest BCUT2D eigenvalue weighted by molar-refractivity contribution is 7.98. The molecule has 43 heavy (non-hydrogen) atoms.